The molecule has 320 valence electrons. The maximum absolute atomic E-state index is 7.11. The van der Waals surface area contributed by atoms with Crippen molar-refractivity contribution in [1.82, 2.24) is 0 Å². The van der Waals surface area contributed by atoms with Gasteiger partial charge >= 0.3 is 0 Å². The van der Waals surface area contributed by atoms with E-state index in [4.69, 9.17) is 37.3 Å². The Labute approximate surface area is 355 Å². The zero-order valence-corrected chi connectivity index (χ0v) is 39.8. The van der Waals surface area contributed by atoms with E-state index in [2.05, 4.69) is 111 Å². The predicted octanol–water partition coefficient (Wildman–Crippen LogP) is 13.1. The molecule has 4 aromatic carbocycles. The standard InChI is InChI=1S/C49H68O8Si2/c1-14-21-39-43-36(26-33(2)55-39)27-37-40(50-9)28-38(45(51-29-34-22-17-15-18-23-34)44(37)46(43)52-30-35-24-19-16-20-25-35)47-53-31-42(57-59(12,13)49(6,7)8)41(56-47)32-54-58(10,11)48(3,4)5/h15-20,22-28,39,41-42,47H,14,21,29-32H2,1-13H3/t39-,41+,42-,47-/m1/s1. The van der Waals surface area contributed by atoms with E-state index in [1.54, 1.807) is 7.11 Å². The molecular weight excluding hydrogens is 773 g/mol. The van der Waals surface area contributed by atoms with Gasteiger partial charge in [0, 0.05) is 10.9 Å². The van der Waals surface area contributed by atoms with Crippen LogP contribution in [-0.4, -0.2) is 49.2 Å². The number of hydrogen-bond donors (Lipinski definition) is 0. The van der Waals surface area contributed by atoms with Gasteiger partial charge in [-0.3, -0.25) is 0 Å². The lowest BCUT2D eigenvalue weighted by molar-refractivity contribution is -0.259. The molecule has 0 spiro atoms. The number of allylic oxidation sites excluding steroid dienone is 1. The third-order valence-corrected chi connectivity index (χ3v) is 21.7. The Morgan fingerprint density at radius 2 is 1.37 bits per heavy atom. The van der Waals surface area contributed by atoms with Gasteiger partial charge in [-0.2, -0.15) is 0 Å². The topological polar surface area (TPSA) is 73.8 Å². The van der Waals surface area contributed by atoms with Crippen LogP contribution in [0.5, 0.6) is 17.2 Å². The molecule has 0 N–H and O–H groups in total. The molecule has 0 unspecified atom stereocenters. The van der Waals surface area contributed by atoms with Gasteiger partial charge in [0.1, 0.15) is 42.7 Å². The van der Waals surface area contributed by atoms with E-state index >= 15 is 0 Å². The molecule has 2 aliphatic rings. The highest BCUT2D eigenvalue weighted by Crippen LogP contribution is 2.52. The Bertz CT molecular complexity index is 2070. The first-order chi connectivity index (χ1) is 27.8. The van der Waals surface area contributed by atoms with Gasteiger partial charge in [-0.1, -0.05) is 116 Å². The highest BCUT2D eigenvalue weighted by molar-refractivity contribution is 6.74. The fourth-order valence-corrected chi connectivity index (χ4v) is 9.51. The van der Waals surface area contributed by atoms with E-state index in [1.165, 1.54) is 0 Å². The minimum Gasteiger partial charge on any atom is -0.496 e. The molecule has 0 bridgehead atoms. The highest BCUT2D eigenvalue weighted by Gasteiger charge is 2.46. The largest absolute Gasteiger partial charge is 0.496 e. The quantitative estimate of drug-likeness (QED) is 0.110. The second-order valence-corrected chi connectivity index (χ2v) is 28.7. The van der Waals surface area contributed by atoms with Crippen molar-refractivity contribution >= 4 is 33.5 Å². The van der Waals surface area contributed by atoms with Gasteiger partial charge in [0.2, 0.25) is 0 Å². The fourth-order valence-electron chi connectivity index (χ4n) is 7.16. The Morgan fingerprint density at radius 1 is 0.780 bits per heavy atom. The highest BCUT2D eigenvalue weighted by atomic mass is 28.4. The molecule has 0 aromatic heterocycles. The van der Waals surface area contributed by atoms with Crippen LogP contribution in [0, 0.1) is 0 Å². The first kappa shape index (κ1) is 44.9. The average Bonchev–Trinajstić information content (AvgIpc) is 3.18. The van der Waals surface area contributed by atoms with Gasteiger partial charge in [-0.05, 0) is 84.5 Å². The average molecular weight is 841 g/mol. The Kier molecular flexibility index (Phi) is 13.8. The second-order valence-electron chi connectivity index (χ2n) is 19.2. The van der Waals surface area contributed by atoms with Crippen LogP contribution in [0.1, 0.15) is 108 Å². The summed E-state index contributed by atoms with van der Waals surface area (Å²) in [5.41, 5.74) is 4.85. The van der Waals surface area contributed by atoms with Crippen molar-refractivity contribution in [3.8, 4) is 17.2 Å². The summed E-state index contributed by atoms with van der Waals surface area (Å²) < 4.78 is 54.7. The van der Waals surface area contributed by atoms with Gasteiger partial charge < -0.3 is 37.3 Å². The van der Waals surface area contributed by atoms with Crippen LogP contribution < -0.4 is 14.2 Å². The second kappa shape index (κ2) is 18.1. The summed E-state index contributed by atoms with van der Waals surface area (Å²) >= 11 is 0. The SMILES string of the molecule is CCC[C@H]1OC(C)=Cc2cc3c(OC)cc([C@@H]4OC[C@@H](O[Si](C)(C)C(C)(C)C)[C@H](CO[Si](C)(C)C(C)(C)C)O4)c(OCc4ccccc4)c3c(OCc3ccccc3)c21. The molecule has 1 saturated heterocycles. The van der Waals surface area contributed by atoms with E-state index in [1.807, 2.05) is 49.4 Å². The van der Waals surface area contributed by atoms with E-state index < -0.39 is 29.0 Å². The molecule has 0 amide bonds. The Hall–Kier alpha value is -3.65. The smallest absolute Gasteiger partial charge is 0.192 e. The molecule has 4 atom stereocenters. The number of methoxy groups -OCH3 is 1. The van der Waals surface area contributed by atoms with Gasteiger partial charge in [0.15, 0.2) is 22.9 Å². The molecule has 8 nitrogen and oxygen atoms in total. The van der Waals surface area contributed by atoms with E-state index in [0.29, 0.717) is 49.2 Å². The van der Waals surface area contributed by atoms with Crippen LogP contribution in [0.3, 0.4) is 0 Å². The molecule has 2 aliphatic heterocycles. The van der Waals surface area contributed by atoms with Crippen molar-refractivity contribution in [2.24, 2.45) is 0 Å². The molecule has 0 saturated carbocycles. The van der Waals surface area contributed by atoms with Gasteiger partial charge in [0.05, 0.1) is 43.1 Å². The lowest BCUT2D eigenvalue weighted by Gasteiger charge is -2.45. The van der Waals surface area contributed by atoms with Crippen LogP contribution in [0.4, 0.5) is 0 Å². The molecule has 1 fully saturated rings. The summed E-state index contributed by atoms with van der Waals surface area (Å²) in [6.07, 6.45) is 2.13. The van der Waals surface area contributed by atoms with Crippen molar-refractivity contribution in [2.75, 3.05) is 20.3 Å². The van der Waals surface area contributed by atoms with Gasteiger partial charge in [-0.15, -0.1) is 0 Å². The third kappa shape index (κ3) is 10.1. The Balaban J connectivity index is 1.54. The van der Waals surface area contributed by atoms with Gasteiger partial charge in [0.25, 0.3) is 0 Å². The number of rotatable bonds is 15. The van der Waals surface area contributed by atoms with Crippen molar-refractivity contribution in [3.05, 3.63) is 106 Å². The van der Waals surface area contributed by atoms with Crippen molar-refractivity contribution in [1.29, 1.82) is 0 Å². The van der Waals surface area contributed by atoms with E-state index in [-0.39, 0.29) is 22.3 Å². The first-order valence-corrected chi connectivity index (χ1v) is 27.1. The summed E-state index contributed by atoms with van der Waals surface area (Å²) in [5, 5.41) is 1.69. The lowest BCUT2D eigenvalue weighted by atomic mass is 9.89. The van der Waals surface area contributed by atoms with Crippen LogP contribution in [0.25, 0.3) is 16.8 Å². The molecule has 0 aliphatic carbocycles. The minimum absolute atomic E-state index is 0.00120. The monoisotopic (exact) mass is 840 g/mol. The molecule has 4 aromatic rings. The molecule has 6 rings (SSSR count). The summed E-state index contributed by atoms with van der Waals surface area (Å²) in [6.45, 7) is 28.3. The minimum atomic E-state index is -2.22. The van der Waals surface area contributed by atoms with Crippen molar-refractivity contribution < 1.29 is 37.3 Å². The van der Waals surface area contributed by atoms with Crippen LogP contribution >= 0.6 is 0 Å². The zero-order chi connectivity index (χ0) is 42.8. The lowest BCUT2D eigenvalue weighted by Crippen LogP contribution is -2.54. The van der Waals surface area contributed by atoms with Crippen LogP contribution in [0.2, 0.25) is 36.3 Å². The van der Waals surface area contributed by atoms with Gasteiger partial charge in [-0.25, -0.2) is 0 Å². The number of fused-ring (bicyclic) bond motifs is 2. The molecule has 2 heterocycles. The molecular formula is C49H68O8Si2. The summed E-state index contributed by atoms with van der Waals surface area (Å²) in [7, 11) is -2.66. The number of benzene rings is 4. The molecule has 10 heteroatoms. The Morgan fingerprint density at radius 3 is 1.93 bits per heavy atom. The van der Waals surface area contributed by atoms with Crippen LogP contribution in [0.15, 0.2) is 78.6 Å². The summed E-state index contributed by atoms with van der Waals surface area (Å²) in [6, 6.07) is 24.7. The third-order valence-electron chi connectivity index (χ3n) is 12.7. The number of ether oxygens (including phenoxy) is 6. The zero-order valence-electron chi connectivity index (χ0n) is 37.8. The van der Waals surface area contributed by atoms with Crippen molar-refractivity contribution in [2.45, 2.75) is 142 Å². The maximum Gasteiger partial charge on any atom is 0.192 e. The van der Waals surface area contributed by atoms with Crippen molar-refractivity contribution in [3.63, 3.8) is 0 Å². The van der Waals surface area contributed by atoms with E-state index in [9.17, 15) is 0 Å². The normalized spacial score (nSPS) is 20.1. The maximum atomic E-state index is 7.11. The van der Waals surface area contributed by atoms with E-state index in [0.717, 1.165) is 51.6 Å². The fraction of sp³-hybridized carbons (Fsp3) is 0.510. The molecule has 0 radical (unpaired) electrons. The summed E-state index contributed by atoms with van der Waals surface area (Å²) in [4.78, 5) is 0. The summed E-state index contributed by atoms with van der Waals surface area (Å²) in [5.74, 6) is 2.86. The van der Waals surface area contributed by atoms with Crippen LogP contribution in [-0.2, 0) is 36.3 Å². The number of hydrogen-bond acceptors (Lipinski definition) is 8. The predicted molar refractivity (Wildman–Crippen MR) is 243 cm³/mol. The molecule has 59 heavy (non-hydrogen) atoms. The first-order valence-electron chi connectivity index (χ1n) is 21.3.